The third kappa shape index (κ3) is 3.30. The van der Waals surface area contributed by atoms with Gasteiger partial charge in [-0.3, -0.25) is 14.4 Å². The Labute approximate surface area is 223 Å². The summed E-state index contributed by atoms with van der Waals surface area (Å²) in [6.07, 6.45) is 8.96. The number of fused-ring (bicyclic) bond motifs is 7. The first-order valence-corrected chi connectivity index (χ1v) is 14.7. The van der Waals surface area contributed by atoms with Gasteiger partial charge >= 0.3 is 11.9 Å². The van der Waals surface area contributed by atoms with Gasteiger partial charge in [-0.25, -0.2) is 0 Å². The molecular formula is C32H48O5. The van der Waals surface area contributed by atoms with Crippen LogP contribution in [0.1, 0.15) is 107 Å². The van der Waals surface area contributed by atoms with E-state index in [1.807, 2.05) is 0 Å². The number of carboxylic acid groups (broad SMARTS) is 1. The lowest BCUT2D eigenvalue weighted by Gasteiger charge is -2.70. The number of carbonyl (C=O) groups is 3. The van der Waals surface area contributed by atoms with Crippen LogP contribution in [0.25, 0.3) is 0 Å². The minimum Gasteiger partial charge on any atom is -0.481 e. The fraction of sp³-hybridized carbons (Fsp3) is 0.844. The zero-order chi connectivity index (χ0) is 27.3. The molecule has 11 unspecified atom stereocenters. The third-order valence-corrected chi connectivity index (χ3v) is 13.5. The molecule has 206 valence electrons. The van der Waals surface area contributed by atoms with Gasteiger partial charge in [-0.1, -0.05) is 47.1 Å². The Hall–Kier alpha value is -1.65. The van der Waals surface area contributed by atoms with Gasteiger partial charge in [-0.2, -0.15) is 0 Å². The van der Waals surface area contributed by atoms with Crippen LogP contribution in [0.15, 0.2) is 11.6 Å². The molecule has 4 fully saturated rings. The fourth-order valence-electron chi connectivity index (χ4n) is 11.0. The van der Waals surface area contributed by atoms with Crippen LogP contribution in [0.4, 0.5) is 0 Å². The Morgan fingerprint density at radius 3 is 2.24 bits per heavy atom. The van der Waals surface area contributed by atoms with Crippen molar-refractivity contribution in [1.29, 1.82) is 0 Å². The molecular weight excluding hydrogens is 464 g/mol. The van der Waals surface area contributed by atoms with Crippen LogP contribution in [0.2, 0.25) is 0 Å². The summed E-state index contributed by atoms with van der Waals surface area (Å²) in [4.78, 5) is 39.1. The molecule has 0 aromatic carbocycles. The molecule has 5 aliphatic rings. The summed E-state index contributed by atoms with van der Waals surface area (Å²) in [6.45, 7) is 17.4. The summed E-state index contributed by atoms with van der Waals surface area (Å²) in [7, 11) is 0. The first-order chi connectivity index (χ1) is 17.1. The van der Waals surface area contributed by atoms with Crippen molar-refractivity contribution in [2.24, 2.45) is 56.7 Å². The van der Waals surface area contributed by atoms with Gasteiger partial charge in [0.2, 0.25) is 0 Å². The predicted octanol–water partition coefficient (Wildman–Crippen LogP) is 6.84. The van der Waals surface area contributed by atoms with Crippen molar-refractivity contribution in [3.8, 4) is 0 Å². The Bertz CT molecular complexity index is 1060. The molecule has 11 atom stereocenters. The molecule has 5 rings (SSSR count). The van der Waals surface area contributed by atoms with E-state index in [-0.39, 0.29) is 33.9 Å². The van der Waals surface area contributed by atoms with E-state index in [9.17, 15) is 19.5 Å². The van der Waals surface area contributed by atoms with Crippen LogP contribution >= 0.6 is 0 Å². The number of ketones is 1. The summed E-state index contributed by atoms with van der Waals surface area (Å²) in [5, 5.41) is 10.5. The summed E-state index contributed by atoms with van der Waals surface area (Å²) in [6, 6.07) is 0. The maximum Gasteiger partial charge on any atom is 0.313 e. The summed E-state index contributed by atoms with van der Waals surface area (Å²) in [5.41, 5.74) is -0.280. The SMILES string of the molecule is CC(=O)OC1CCC2(C)C(CCC3(C)C2C(=O)C=C2C4C(C)C(C)CCC4(C)CCC23C)C1(C)C(=O)O. The van der Waals surface area contributed by atoms with Gasteiger partial charge in [0.1, 0.15) is 11.5 Å². The molecule has 37 heavy (non-hydrogen) atoms. The molecule has 0 aliphatic heterocycles. The van der Waals surface area contributed by atoms with Crippen molar-refractivity contribution in [2.45, 2.75) is 113 Å². The highest BCUT2D eigenvalue weighted by Crippen LogP contribution is 2.75. The Kier molecular flexibility index (Phi) is 5.95. The summed E-state index contributed by atoms with van der Waals surface area (Å²) < 4.78 is 5.63. The monoisotopic (exact) mass is 512 g/mol. The van der Waals surface area contributed by atoms with Crippen LogP contribution in [-0.2, 0) is 19.1 Å². The summed E-state index contributed by atoms with van der Waals surface area (Å²) >= 11 is 0. The van der Waals surface area contributed by atoms with E-state index in [4.69, 9.17) is 4.74 Å². The molecule has 0 saturated heterocycles. The largest absolute Gasteiger partial charge is 0.481 e. The molecule has 0 bridgehead atoms. The van der Waals surface area contributed by atoms with Crippen molar-refractivity contribution < 1.29 is 24.2 Å². The Morgan fingerprint density at radius 2 is 1.62 bits per heavy atom. The maximum atomic E-state index is 14.4. The lowest BCUT2D eigenvalue weighted by Crippen LogP contribution is -2.68. The molecule has 5 heteroatoms. The number of carboxylic acids is 1. The van der Waals surface area contributed by atoms with Crippen LogP contribution in [-0.4, -0.2) is 28.9 Å². The molecule has 0 spiro atoms. The van der Waals surface area contributed by atoms with Crippen molar-refractivity contribution >= 4 is 17.7 Å². The molecule has 5 nitrogen and oxygen atoms in total. The highest BCUT2D eigenvalue weighted by Gasteiger charge is 2.72. The van der Waals surface area contributed by atoms with Gasteiger partial charge in [-0.15, -0.1) is 0 Å². The normalized spacial score (nSPS) is 53.1. The van der Waals surface area contributed by atoms with Crippen molar-refractivity contribution in [3.63, 3.8) is 0 Å². The van der Waals surface area contributed by atoms with Gasteiger partial charge in [0.05, 0.1) is 0 Å². The van der Waals surface area contributed by atoms with Gasteiger partial charge < -0.3 is 9.84 Å². The number of ether oxygens (including phenoxy) is 1. The predicted molar refractivity (Wildman–Crippen MR) is 143 cm³/mol. The standard InChI is InChI=1S/C32H48O5/c1-18-9-12-28(4)15-16-30(6)21(25(28)19(18)2)17-22(34)26-29(5)13-11-24(37-20(3)33)32(8,27(35)36)23(29)10-14-31(26,30)7/h17-19,23-26H,9-16H2,1-8H3,(H,35,36). The second kappa shape index (κ2) is 8.18. The van der Waals surface area contributed by atoms with Gasteiger partial charge in [0.15, 0.2) is 5.78 Å². The average molecular weight is 513 g/mol. The van der Waals surface area contributed by atoms with E-state index >= 15 is 0 Å². The van der Waals surface area contributed by atoms with Crippen LogP contribution in [0, 0.1) is 56.7 Å². The number of carbonyl (C=O) groups excluding carboxylic acids is 2. The number of hydrogen-bond acceptors (Lipinski definition) is 4. The van der Waals surface area contributed by atoms with Crippen molar-refractivity contribution in [3.05, 3.63) is 11.6 Å². The zero-order valence-corrected chi connectivity index (χ0v) is 24.3. The quantitative estimate of drug-likeness (QED) is 0.410. The highest BCUT2D eigenvalue weighted by molar-refractivity contribution is 5.96. The van der Waals surface area contributed by atoms with E-state index in [2.05, 4.69) is 47.6 Å². The highest BCUT2D eigenvalue weighted by atomic mass is 16.5. The van der Waals surface area contributed by atoms with E-state index in [1.54, 1.807) is 6.92 Å². The van der Waals surface area contributed by atoms with Gasteiger partial charge in [0.25, 0.3) is 0 Å². The van der Waals surface area contributed by atoms with E-state index in [0.29, 0.717) is 30.6 Å². The minimum absolute atomic E-state index is 0.0680. The first-order valence-electron chi connectivity index (χ1n) is 14.7. The smallest absolute Gasteiger partial charge is 0.313 e. The number of allylic oxidation sites excluding steroid dienone is 2. The first kappa shape index (κ1) is 26.9. The molecule has 5 aliphatic carbocycles. The molecule has 0 heterocycles. The van der Waals surface area contributed by atoms with Gasteiger partial charge in [0, 0.05) is 12.8 Å². The van der Waals surface area contributed by atoms with Crippen molar-refractivity contribution in [2.75, 3.05) is 0 Å². The lowest BCUT2D eigenvalue weighted by molar-refractivity contribution is -0.220. The zero-order valence-electron chi connectivity index (χ0n) is 24.3. The molecule has 4 saturated carbocycles. The molecule has 0 aromatic rings. The number of rotatable bonds is 2. The second-order valence-electron chi connectivity index (χ2n) is 15.0. The topological polar surface area (TPSA) is 80.7 Å². The lowest BCUT2D eigenvalue weighted by atomic mass is 9.33. The van der Waals surface area contributed by atoms with E-state index in [0.717, 1.165) is 19.3 Å². The third-order valence-electron chi connectivity index (χ3n) is 13.5. The van der Waals surface area contributed by atoms with Crippen LogP contribution in [0.3, 0.4) is 0 Å². The number of esters is 1. The fourth-order valence-corrected chi connectivity index (χ4v) is 11.0. The van der Waals surface area contributed by atoms with Crippen LogP contribution in [0.5, 0.6) is 0 Å². The molecule has 1 N–H and O–H groups in total. The average Bonchev–Trinajstić information content (AvgIpc) is 2.79. The Balaban J connectivity index is 1.62. The number of aliphatic carboxylic acids is 1. The number of hydrogen-bond donors (Lipinski definition) is 1. The second-order valence-corrected chi connectivity index (χ2v) is 15.0. The maximum absolute atomic E-state index is 14.4. The van der Waals surface area contributed by atoms with Crippen molar-refractivity contribution in [1.82, 2.24) is 0 Å². The van der Waals surface area contributed by atoms with Crippen LogP contribution < -0.4 is 0 Å². The minimum atomic E-state index is -1.20. The molecule has 0 aromatic heterocycles. The summed E-state index contributed by atoms with van der Waals surface area (Å²) in [5.74, 6) is 0.0756. The molecule has 0 radical (unpaired) electrons. The van der Waals surface area contributed by atoms with E-state index < -0.39 is 28.9 Å². The Morgan fingerprint density at radius 1 is 0.946 bits per heavy atom. The van der Waals surface area contributed by atoms with Gasteiger partial charge in [-0.05, 0) is 110 Å². The van der Waals surface area contributed by atoms with E-state index in [1.165, 1.54) is 31.8 Å². The molecule has 0 amide bonds.